The Morgan fingerprint density at radius 2 is 1.90 bits per heavy atom. The van der Waals surface area contributed by atoms with Gasteiger partial charge in [0.15, 0.2) is 0 Å². The maximum atomic E-state index is 12.2. The lowest BCUT2D eigenvalue weighted by Crippen LogP contribution is -2.15. The highest BCUT2D eigenvalue weighted by atomic mass is 79.9. The smallest absolute Gasteiger partial charge is 0.255 e. The van der Waals surface area contributed by atoms with E-state index in [2.05, 4.69) is 21.2 Å². The first kappa shape index (κ1) is 14.7. The first-order valence-electron chi connectivity index (χ1n) is 5.95. The first-order valence-corrected chi connectivity index (χ1v) is 7.15. The van der Waals surface area contributed by atoms with Crippen LogP contribution in [0.1, 0.15) is 21.5 Å². The third-order valence-electron chi connectivity index (χ3n) is 2.85. The second-order valence-electron chi connectivity index (χ2n) is 4.36. The van der Waals surface area contributed by atoms with Gasteiger partial charge in [0.25, 0.3) is 5.91 Å². The molecule has 0 spiro atoms. The van der Waals surface area contributed by atoms with Gasteiger partial charge in [0.05, 0.1) is 0 Å². The van der Waals surface area contributed by atoms with Crippen LogP contribution < -0.4 is 11.1 Å². The number of nitrogens with one attached hydrogen (secondary N) is 1. The van der Waals surface area contributed by atoms with Crippen molar-refractivity contribution in [3.8, 4) is 0 Å². The van der Waals surface area contributed by atoms with Crippen molar-refractivity contribution >= 4 is 44.7 Å². The molecule has 0 fully saturated rings. The number of aryl methyl sites for hydroxylation is 1. The van der Waals surface area contributed by atoms with E-state index in [4.69, 9.17) is 18.0 Å². The van der Waals surface area contributed by atoms with Crippen molar-refractivity contribution in [2.24, 2.45) is 5.73 Å². The predicted molar refractivity (Wildman–Crippen MR) is 89.2 cm³/mol. The quantitative estimate of drug-likeness (QED) is 0.832. The molecule has 2 rings (SSSR count). The Labute approximate surface area is 131 Å². The molecule has 0 aromatic heterocycles. The highest BCUT2D eigenvalue weighted by molar-refractivity contribution is 9.10. The fourth-order valence-corrected chi connectivity index (χ4v) is 2.38. The maximum absolute atomic E-state index is 12.2. The molecule has 0 unspecified atom stereocenters. The largest absolute Gasteiger partial charge is 0.389 e. The minimum Gasteiger partial charge on any atom is -0.389 e. The summed E-state index contributed by atoms with van der Waals surface area (Å²) in [5.74, 6) is -0.187. The SMILES string of the molecule is Cc1cc(Br)ccc1NC(=O)c1cccc(C(N)=S)c1. The van der Waals surface area contributed by atoms with Gasteiger partial charge in [-0.25, -0.2) is 0 Å². The van der Waals surface area contributed by atoms with Crippen molar-refractivity contribution < 1.29 is 4.79 Å². The zero-order valence-corrected chi connectivity index (χ0v) is 13.2. The van der Waals surface area contributed by atoms with Crippen LogP contribution in [0.5, 0.6) is 0 Å². The van der Waals surface area contributed by atoms with E-state index in [-0.39, 0.29) is 10.9 Å². The highest BCUT2D eigenvalue weighted by Crippen LogP contribution is 2.20. The van der Waals surface area contributed by atoms with Crippen LogP contribution in [0, 0.1) is 6.92 Å². The number of thiocarbonyl (C=S) groups is 1. The molecule has 0 saturated heterocycles. The van der Waals surface area contributed by atoms with Gasteiger partial charge in [0.2, 0.25) is 0 Å². The lowest BCUT2D eigenvalue weighted by Gasteiger charge is -2.09. The molecule has 20 heavy (non-hydrogen) atoms. The van der Waals surface area contributed by atoms with Crippen LogP contribution in [-0.2, 0) is 0 Å². The van der Waals surface area contributed by atoms with E-state index in [1.165, 1.54) is 0 Å². The number of carbonyl (C=O) groups excluding carboxylic acids is 1. The first-order chi connectivity index (χ1) is 9.47. The molecule has 0 radical (unpaired) electrons. The van der Waals surface area contributed by atoms with Crippen LogP contribution in [0.3, 0.4) is 0 Å². The zero-order chi connectivity index (χ0) is 14.7. The molecular weight excluding hydrogens is 336 g/mol. The number of carbonyl (C=O) groups is 1. The summed E-state index contributed by atoms with van der Waals surface area (Å²) < 4.78 is 0.975. The van der Waals surface area contributed by atoms with Crippen LogP contribution in [0.2, 0.25) is 0 Å². The average molecular weight is 349 g/mol. The van der Waals surface area contributed by atoms with Crippen LogP contribution in [0.4, 0.5) is 5.69 Å². The molecule has 0 aliphatic rings. The van der Waals surface area contributed by atoms with Gasteiger partial charge in [-0.1, -0.05) is 40.3 Å². The van der Waals surface area contributed by atoms with Crippen LogP contribution in [-0.4, -0.2) is 10.9 Å². The molecule has 3 nitrogen and oxygen atoms in total. The van der Waals surface area contributed by atoms with Crippen molar-refractivity contribution in [2.45, 2.75) is 6.92 Å². The number of amides is 1. The summed E-state index contributed by atoms with van der Waals surface area (Å²) in [6.07, 6.45) is 0. The Balaban J connectivity index is 2.24. The van der Waals surface area contributed by atoms with E-state index in [0.717, 1.165) is 15.7 Å². The second kappa shape index (κ2) is 6.15. The Bertz CT molecular complexity index is 685. The third-order valence-corrected chi connectivity index (χ3v) is 3.57. The Hall–Kier alpha value is -1.72. The average Bonchev–Trinajstić information content (AvgIpc) is 2.42. The molecule has 0 heterocycles. The number of nitrogens with two attached hydrogens (primary N) is 1. The van der Waals surface area contributed by atoms with Crippen molar-refractivity contribution in [1.82, 2.24) is 0 Å². The molecule has 0 atom stereocenters. The van der Waals surface area contributed by atoms with Gasteiger partial charge < -0.3 is 11.1 Å². The van der Waals surface area contributed by atoms with Gasteiger partial charge >= 0.3 is 0 Å². The molecule has 0 aliphatic carbocycles. The van der Waals surface area contributed by atoms with Crippen LogP contribution >= 0.6 is 28.1 Å². The lowest BCUT2D eigenvalue weighted by atomic mass is 10.1. The number of halogens is 1. The molecule has 3 N–H and O–H groups in total. The van der Waals surface area contributed by atoms with Crippen molar-refractivity contribution in [1.29, 1.82) is 0 Å². The monoisotopic (exact) mass is 348 g/mol. The summed E-state index contributed by atoms with van der Waals surface area (Å²) >= 11 is 8.31. The van der Waals surface area contributed by atoms with E-state index < -0.39 is 0 Å². The molecule has 2 aromatic rings. The fraction of sp³-hybridized carbons (Fsp3) is 0.0667. The minimum absolute atomic E-state index is 0.187. The van der Waals surface area contributed by atoms with Gasteiger partial charge in [-0.15, -0.1) is 0 Å². The van der Waals surface area contributed by atoms with E-state index in [1.54, 1.807) is 24.3 Å². The Kier molecular flexibility index (Phi) is 4.52. The van der Waals surface area contributed by atoms with Gasteiger partial charge in [-0.05, 0) is 42.8 Å². The summed E-state index contributed by atoms with van der Waals surface area (Å²) in [5.41, 5.74) is 8.54. The molecule has 0 saturated carbocycles. The summed E-state index contributed by atoms with van der Waals surface area (Å²) in [4.78, 5) is 12.5. The molecular formula is C15H13BrN2OS. The van der Waals surface area contributed by atoms with E-state index in [0.29, 0.717) is 11.1 Å². The number of hydrogen-bond donors (Lipinski definition) is 2. The van der Waals surface area contributed by atoms with Crippen LogP contribution in [0.15, 0.2) is 46.9 Å². The fourth-order valence-electron chi connectivity index (χ4n) is 1.78. The third kappa shape index (κ3) is 3.43. The molecule has 2 aromatic carbocycles. The topological polar surface area (TPSA) is 55.1 Å². The van der Waals surface area contributed by atoms with E-state index in [1.807, 2.05) is 25.1 Å². The van der Waals surface area contributed by atoms with Gasteiger partial charge in [0.1, 0.15) is 4.99 Å². The maximum Gasteiger partial charge on any atom is 0.255 e. The van der Waals surface area contributed by atoms with E-state index in [9.17, 15) is 4.79 Å². The number of rotatable bonds is 3. The molecule has 1 amide bonds. The Morgan fingerprint density at radius 3 is 2.55 bits per heavy atom. The predicted octanol–water partition coefficient (Wildman–Crippen LogP) is 3.64. The summed E-state index contributed by atoms with van der Waals surface area (Å²) in [7, 11) is 0. The molecule has 0 aliphatic heterocycles. The summed E-state index contributed by atoms with van der Waals surface area (Å²) in [6, 6.07) is 12.6. The molecule has 102 valence electrons. The molecule has 5 heteroatoms. The normalized spacial score (nSPS) is 10.1. The van der Waals surface area contributed by atoms with Gasteiger partial charge in [0, 0.05) is 21.3 Å². The standard InChI is InChI=1S/C15H13BrN2OS/c1-9-7-12(16)5-6-13(9)18-15(19)11-4-2-3-10(8-11)14(17)20/h2-8H,1H3,(H2,17,20)(H,18,19). The second-order valence-corrected chi connectivity index (χ2v) is 5.71. The minimum atomic E-state index is -0.187. The van der Waals surface area contributed by atoms with Gasteiger partial charge in [-0.3, -0.25) is 4.79 Å². The van der Waals surface area contributed by atoms with Gasteiger partial charge in [-0.2, -0.15) is 0 Å². The summed E-state index contributed by atoms with van der Waals surface area (Å²) in [5, 5.41) is 2.88. The zero-order valence-electron chi connectivity index (χ0n) is 10.8. The van der Waals surface area contributed by atoms with E-state index >= 15 is 0 Å². The number of anilines is 1. The molecule has 0 bridgehead atoms. The number of hydrogen-bond acceptors (Lipinski definition) is 2. The van der Waals surface area contributed by atoms with Crippen LogP contribution in [0.25, 0.3) is 0 Å². The van der Waals surface area contributed by atoms with Crippen molar-refractivity contribution in [3.05, 3.63) is 63.6 Å². The summed E-state index contributed by atoms with van der Waals surface area (Å²) in [6.45, 7) is 1.94. The van der Waals surface area contributed by atoms with Crippen molar-refractivity contribution in [3.63, 3.8) is 0 Å². The Morgan fingerprint density at radius 1 is 1.20 bits per heavy atom. The van der Waals surface area contributed by atoms with Crippen molar-refractivity contribution in [2.75, 3.05) is 5.32 Å². The highest BCUT2D eigenvalue weighted by Gasteiger charge is 2.09. The lowest BCUT2D eigenvalue weighted by molar-refractivity contribution is 0.102. The number of benzene rings is 2.